The van der Waals surface area contributed by atoms with E-state index in [-0.39, 0.29) is 23.2 Å². The second-order valence-corrected chi connectivity index (χ2v) is 7.20. The molecule has 0 saturated carbocycles. The number of nitrogens with zero attached hydrogens (tertiary/aromatic N) is 3. The zero-order chi connectivity index (χ0) is 21.1. The normalized spacial score (nSPS) is 11.2. The molecule has 1 heterocycles. The van der Waals surface area contributed by atoms with E-state index in [4.69, 9.17) is 4.74 Å². The number of rotatable bonds is 7. The third-order valence-corrected chi connectivity index (χ3v) is 4.86. The Morgan fingerprint density at radius 1 is 1.17 bits per heavy atom. The lowest BCUT2D eigenvalue weighted by atomic mass is 9.98. The molecule has 8 heteroatoms. The van der Waals surface area contributed by atoms with Crippen molar-refractivity contribution in [2.24, 2.45) is 0 Å². The number of H-pyrrole nitrogens is 1. The van der Waals surface area contributed by atoms with Crippen molar-refractivity contribution in [2.75, 3.05) is 32.2 Å². The molecule has 0 aliphatic rings. The monoisotopic (exact) mass is 398 g/mol. The summed E-state index contributed by atoms with van der Waals surface area (Å²) in [5, 5.41) is 27.0. The Hall–Kier alpha value is -3.26. The molecule has 0 unspecified atom stereocenters. The first-order valence-electron chi connectivity index (χ1n) is 9.37. The molecule has 8 nitrogen and oxygen atoms in total. The van der Waals surface area contributed by atoms with Gasteiger partial charge < -0.3 is 19.8 Å². The van der Waals surface area contributed by atoms with Gasteiger partial charge in [-0.05, 0) is 41.8 Å². The predicted octanol–water partition coefficient (Wildman–Crippen LogP) is 2.84. The molecular weight excluding hydrogens is 372 g/mol. The van der Waals surface area contributed by atoms with Gasteiger partial charge in [0.15, 0.2) is 5.82 Å². The van der Waals surface area contributed by atoms with Crippen molar-refractivity contribution >= 4 is 5.69 Å². The van der Waals surface area contributed by atoms with Crippen LogP contribution in [-0.4, -0.2) is 52.3 Å². The number of hydrogen-bond acceptors (Lipinski definition) is 6. The Bertz CT molecular complexity index is 1040. The Morgan fingerprint density at radius 2 is 1.86 bits per heavy atom. The van der Waals surface area contributed by atoms with Gasteiger partial charge in [-0.3, -0.25) is 0 Å². The number of anilines is 1. The molecule has 0 amide bonds. The van der Waals surface area contributed by atoms with Crippen LogP contribution in [0.4, 0.5) is 5.69 Å². The van der Waals surface area contributed by atoms with Crippen molar-refractivity contribution < 1.29 is 14.9 Å². The fourth-order valence-corrected chi connectivity index (χ4v) is 3.17. The molecule has 0 fully saturated rings. The zero-order valence-corrected chi connectivity index (χ0v) is 17.0. The number of benzene rings is 2. The minimum atomic E-state index is -0.418. The van der Waals surface area contributed by atoms with E-state index in [1.165, 1.54) is 10.6 Å². The molecule has 2 aromatic carbocycles. The molecule has 3 rings (SSSR count). The van der Waals surface area contributed by atoms with Crippen LogP contribution in [0.5, 0.6) is 11.5 Å². The number of aromatic hydroxyl groups is 2. The van der Waals surface area contributed by atoms with E-state index in [9.17, 15) is 15.0 Å². The van der Waals surface area contributed by atoms with Crippen molar-refractivity contribution in [3.63, 3.8) is 0 Å². The van der Waals surface area contributed by atoms with Crippen LogP contribution in [0.3, 0.4) is 0 Å². The highest BCUT2D eigenvalue weighted by Gasteiger charge is 2.19. The molecule has 29 heavy (non-hydrogen) atoms. The van der Waals surface area contributed by atoms with Gasteiger partial charge in [-0.1, -0.05) is 13.8 Å². The topological polar surface area (TPSA) is 104 Å². The number of aromatic amines is 1. The average Bonchev–Trinajstić information content (AvgIpc) is 3.07. The fraction of sp³-hybridized carbons (Fsp3) is 0.333. The van der Waals surface area contributed by atoms with Crippen LogP contribution in [0.25, 0.3) is 17.1 Å². The van der Waals surface area contributed by atoms with Crippen LogP contribution in [0.15, 0.2) is 41.2 Å². The minimum absolute atomic E-state index is 0.00846. The van der Waals surface area contributed by atoms with Crippen LogP contribution < -0.4 is 10.6 Å². The van der Waals surface area contributed by atoms with E-state index in [0.29, 0.717) is 23.4 Å². The van der Waals surface area contributed by atoms with E-state index in [1.807, 2.05) is 50.1 Å². The van der Waals surface area contributed by atoms with E-state index in [2.05, 4.69) is 10.2 Å². The summed E-state index contributed by atoms with van der Waals surface area (Å²) in [4.78, 5) is 14.5. The van der Waals surface area contributed by atoms with Crippen molar-refractivity contribution in [2.45, 2.75) is 19.8 Å². The molecule has 0 bridgehead atoms. The third-order valence-electron chi connectivity index (χ3n) is 4.86. The van der Waals surface area contributed by atoms with E-state index >= 15 is 0 Å². The number of likely N-dealkylation sites (N-methyl/N-ethyl adjacent to an activating group) is 1. The van der Waals surface area contributed by atoms with Gasteiger partial charge in [0.05, 0.1) is 17.9 Å². The third kappa shape index (κ3) is 4.12. The van der Waals surface area contributed by atoms with Crippen molar-refractivity contribution in [1.82, 2.24) is 14.8 Å². The average molecular weight is 398 g/mol. The highest BCUT2D eigenvalue weighted by molar-refractivity contribution is 5.69. The summed E-state index contributed by atoms with van der Waals surface area (Å²) in [6, 6.07) is 10.4. The molecular formula is C21H26N4O4. The second-order valence-electron chi connectivity index (χ2n) is 7.20. The molecule has 3 aromatic rings. The number of methoxy groups -OCH3 is 1. The van der Waals surface area contributed by atoms with E-state index in [1.54, 1.807) is 13.2 Å². The quantitative estimate of drug-likeness (QED) is 0.565. The van der Waals surface area contributed by atoms with Crippen LogP contribution >= 0.6 is 0 Å². The van der Waals surface area contributed by atoms with Gasteiger partial charge in [0.25, 0.3) is 0 Å². The van der Waals surface area contributed by atoms with Crippen molar-refractivity contribution in [3.05, 3.63) is 52.4 Å². The fourth-order valence-electron chi connectivity index (χ4n) is 3.17. The highest BCUT2D eigenvalue weighted by Crippen LogP contribution is 2.37. The predicted molar refractivity (Wildman–Crippen MR) is 112 cm³/mol. The maximum Gasteiger partial charge on any atom is 0.348 e. The molecule has 0 spiro atoms. The summed E-state index contributed by atoms with van der Waals surface area (Å²) in [7, 11) is 3.62. The van der Waals surface area contributed by atoms with Crippen LogP contribution in [-0.2, 0) is 4.74 Å². The number of phenols is 2. The summed E-state index contributed by atoms with van der Waals surface area (Å²) >= 11 is 0. The molecule has 154 valence electrons. The Balaban J connectivity index is 2.04. The number of phenolic OH excluding ortho intramolecular Hbond substituents is 2. The van der Waals surface area contributed by atoms with Gasteiger partial charge in [-0.15, -0.1) is 0 Å². The lowest BCUT2D eigenvalue weighted by Crippen LogP contribution is -2.22. The van der Waals surface area contributed by atoms with Crippen LogP contribution in [0.1, 0.15) is 25.3 Å². The van der Waals surface area contributed by atoms with E-state index in [0.717, 1.165) is 12.2 Å². The van der Waals surface area contributed by atoms with Gasteiger partial charge in [-0.25, -0.2) is 14.5 Å². The van der Waals surface area contributed by atoms with Gasteiger partial charge in [0, 0.05) is 32.5 Å². The Labute approximate surface area is 169 Å². The summed E-state index contributed by atoms with van der Waals surface area (Å²) < 4.78 is 6.50. The molecule has 0 aliphatic heterocycles. The zero-order valence-electron chi connectivity index (χ0n) is 17.0. The second kappa shape index (κ2) is 8.40. The van der Waals surface area contributed by atoms with Crippen LogP contribution in [0.2, 0.25) is 0 Å². The summed E-state index contributed by atoms with van der Waals surface area (Å²) in [5.74, 6) is 0.169. The van der Waals surface area contributed by atoms with Gasteiger partial charge in [-0.2, -0.15) is 5.10 Å². The smallest absolute Gasteiger partial charge is 0.348 e. The van der Waals surface area contributed by atoms with Gasteiger partial charge >= 0.3 is 5.69 Å². The first-order valence-corrected chi connectivity index (χ1v) is 9.37. The number of nitrogens with one attached hydrogen (secondary N) is 1. The minimum Gasteiger partial charge on any atom is -0.508 e. The largest absolute Gasteiger partial charge is 0.508 e. The molecule has 3 N–H and O–H groups in total. The number of aromatic nitrogens is 3. The Kier molecular flexibility index (Phi) is 5.93. The lowest BCUT2D eigenvalue weighted by molar-refractivity contribution is 0.206. The summed E-state index contributed by atoms with van der Waals surface area (Å²) in [6.45, 7) is 5.23. The van der Waals surface area contributed by atoms with Crippen LogP contribution in [0, 0.1) is 0 Å². The standard InChI is InChI=1S/C21H26N4O4/c1-13(2)16-11-17(19(27)12-18(16)26)20-22-23-21(28)25(20)15-7-5-14(6-8-15)24(3)9-10-29-4/h5-8,11-13,26-27H,9-10H2,1-4H3,(H,23,28). The maximum absolute atomic E-state index is 12.5. The molecule has 0 aliphatic carbocycles. The maximum atomic E-state index is 12.5. The molecule has 0 radical (unpaired) electrons. The first-order chi connectivity index (χ1) is 13.8. The number of hydrogen-bond donors (Lipinski definition) is 3. The first kappa shape index (κ1) is 20.5. The molecule has 0 atom stereocenters. The SMILES string of the molecule is COCCN(C)c1ccc(-n2c(-c3cc(C(C)C)c(O)cc3O)n[nH]c2=O)cc1. The summed E-state index contributed by atoms with van der Waals surface area (Å²) in [5.41, 5.74) is 2.21. The van der Waals surface area contributed by atoms with E-state index < -0.39 is 5.69 Å². The lowest BCUT2D eigenvalue weighted by Gasteiger charge is -2.19. The highest BCUT2D eigenvalue weighted by atomic mass is 16.5. The van der Waals surface area contributed by atoms with Crippen molar-refractivity contribution in [1.29, 1.82) is 0 Å². The van der Waals surface area contributed by atoms with Crippen molar-refractivity contribution in [3.8, 4) is 28.6 Å². The van der Waals surface area contributed by atoms with Gasteiger partial charge in [0.1, 0.15) is 11.5 Å². The molecule has 1 aromatic heterocycles. The summed E-state index contributed by atoms with van der Waals surface area (Å²) in [6.07, 6.45) is 0. The molecule has 0 saturated heterocycles. The number of ether oxygens (including phenoxy) is 1. The Morgan fingerprint density at radius 3 is 2.48 bits per heavy atom. The van der Waals surface area contributed by atoms with Gasteiger partial charge in [0.2, 0.25) is 0 Å².